The molecule has 0 saturated carbocycles. The van der Waals surface area contributed by atoms with Crippen molar-refractivity contribution in [2.24, 2.45) is 0 Å². The van der Waals surface area contributed by atoms with Gasteiger partial charge in [-0.3, -0.25) is 0 Å². The Morgan fingerprint density at radius 3 is 2.13 bits per heavy atom. The first kappa shape index (κ1) is 12.1. The van der Waals surface area contributed by atoms with Crippen molar-refractivity contribution in [1.29, 1.82) is 0 Å². The second kappa shape index (κ2) is 4.14. The van der Waals surface area contributed by atoms with E-state index in [1.807, 2.05) is 3.88 Å². The molecule has 0 aromatic heterocycles. The van der Waals surface area contributed by atoms with Crippen molar-refractivity contribution in [2.45, 2.75) is 47.0 Å². The predicted octanol–water partition coefficient (Wildman–Crippen LogP) is 4.33. The third-order valence-corrected chi connectivity index (χ3v) is 29.0. The van der Waals surface area contributed by atoms with E-state index in [9.17, 15) is 0 Å². The fourth-order valence-corrected chi connectivity index (χ4v) is 37.6. The zero-order valence-electron chi connectivity index (χ0n) is 10.6. The summed E-state index contributed by atoms with van der Waals surface area (Å²) >= 11 is -0.799. The summed E-state index contributed by atoms with van der Waals surface area (Å²) in [5.74, 6) is 0. The first-order valence-electron chi connectivity index (χ1n) is 6.09. The molecule has 1 saturated heterocycles. The Hall–Kier alpha value is 0.628. The fraction of sp³-hybridized carbons (Fsp3) is 0.667. The quantitative estimate of drug-likeness (QED) is 0.623. The van der Waals surface area contributed by atoms with E-state index in [0.717, 1.165) is 0 Å². The monoisotopic (exact) mass is 271 g/mol. The Kier molecular flexibility index (Phi) is 3.34. The van der Waals surface area contributed by atoms with E-state index in [4.69, 9.17) is 0 Å². The van der Waals surface area contributed by atoms with Gasteiger partial charge in [-0.1, -0.05) is 0 Å². The molecule has 0 amide bonds. The van der Waals surface area contributed by atoms with Gasteiger partial charge in [0.05, 0.1) is 0 Å². The molecule has 0 aromatic carbocycles. The van der Waals surface area contributed by atoms with Crippen molar-refractivity contribution in [3.05, 3.63) is 22.1 Å². The van der Waals surface area contributed by atoms with Crippen LogP contribution in [-0.2, 0) is 17.9 Å². The molecule has 0 atom stereocenters. The summed E-state index contributed by atoms with van der Waals surface area (Å²) in [6.07, 6.45) is 8.46. The van der Waals surface area contributed by atoms with E-state index in [0.29, 0.717) is 0 Å². The molecule has 1 heterocycles. The molecule has 0 spiro atoms. The van der Waals surface area contributed by atoms with Crippen LogP contribution in [0.4, 0.5) is 0 Å². The molecule has 1 aliphatic carbocycles. The minimum atomic E-state index is -0.799. The van der Waals surface area contributed by atoms with Gasteiger partial charge in [0.2, 0.25) is 0 Å². The second-order valence-electron chi connectivity index (χ2n) is 6.79. The Bertz CT molecular complexity index is 300. The Morgan fingerprint density at radius 2 is 1.67 bits per heavy atom. The molecule has 2 aliphatic rings. The van der Waals surface area contributed by atoms with Crippen LogP contribution in [0.25, 0.3) is 0 Å². The van der Waals surface area contributed by atoms with E-state index in [2.05, 4.69) is 44.4 Å². The standard InChI is InChI=1S/C7H18Si2.C5H5.Ti/c1-8(2,3)7-9(4,5)6;1-2-4-5-3-1;/h1,4,7H2,2-3,5-6H3;1-3H,4H2;. The number of rotatable bonds is 1. The summed E-state index contributed by atoms with van der Waals surface area (Å²) in [7, 11) is -1.58. The maximum absolute atomic E-state index is 2.65. The molecule has 1 aliphatic heterocycles. The Balaban J connectivity index is 2.13. The fourth-order valence-electron chi connectivity index (χ4n) is 3.57. The van der Waals surface area contributed by atoms with Crippen molar-refractivity contribution in [3.8, 4) is 0 Å². The van der Waals surface area contributed by atoms with Crippen LogP contribution in [0.3, 0.4) is 0 Å². The molecule has 0 N–H and O–H groups in total. The van der Waals surface area contributed by atoms with Crippen LogP contribution < -0.4 is 0 Å². The van der Waals surface area contributed by atoms with Crippen molar-refractivity contribution in [3.63, 3.8) is 0 Å². The van der Waals surface area contributed by atoms with Gasteiger partial charge in [-0.05, 0) is 0 Å². The van der Waals surface area contributed by atoms with Gasteiger partial charge in [0, 0.05) is 0 Å². The van der Waals surface area contributed by atoms with Gasteiger partial charge in [-0.2, -0.15) is 0 Å². The topological polar surface area (TPSA) is 0 Å². The first-order chi connectivity index (χ1) is 6.88. The third-order valence-electron chi connectivity index (χ3n) is 3.57. The second-order valence-corrected chi connectivity index (χ2v) is 23.8. The summed E-state index contributed by atoms with van der Waals surface area (Å²) < 4.78 is 5.35. The predicted molar refractivity (Wildman–Crippen MR) is 71.2 cm³/mol. The molecule has 15 heavy (non-hydrogen) atoms. The van der Waals surface area contributed by atoms with Gasteiger partial charge in [0.25, 0.3) is 0 Å². The van der Waals surface area contributed by atoms with E-state index in [1.165, 1.54) is 6.42 Å². The Labute approximate surface area is 103 Å². The zero-order valence-corrected chi connectivity index (χ0v) is 14.1. The molecule has 2 rings (SSSR count). The van der Waals surface area contributed by atoms with Crippen LogP contribution in [0.15, 0.2) is 22.1 Å². The Morgan fingerprint density at radius 1 is 1.07 bits per heavy atom. The van der Waals surface area contributed by atoms with Gasteiger partial charge in [0.15, 0.2) is 0 Å². The average Bonchev–Trinajstić information content (AvgIpc) is 2.48. The third kappa shape index (κ3) is 3.06. The molecule has 83 valence electrons. The summed E-state index contributed by atoms with van der Waals surface area (Å²) in [6, 6.07) is 0. The van der Waals surface area contributed by atoms with E-state index < -0.39 is 34.0 Å². The van der Waals surface area contributed by atoms with Crippen LogP contribution in [0, 0.1) is 0 Å². The summed E-state index contributed by atoms with van der Waals surface area (Å²) in [6.45, 7) is 10.6. The molecule has 0 bridgehead atoms. The zero-order chi connectivity index (χ0) is 11.1. The van der Waals surface area contributed by atoms with E-state index >= 15 is 0 Å². The van der Waals surface area contributed by atoms with Crippen LogP contribution in [0.1, 0.15) is 6.42 Å². The number of hydrogen-bond acceptors (Lipinski definition) is 0. The molecule has 0 unspecified atom stereocenters. The first-order valence-corrected chi connectivity index (χ1v) is 15.9. The van der Waals surface area contributed by atoms with Crippen LogP contribution >= 0.6 is 0 Å². The molecule has 0 aromatic rings. The molecule has 3 heteroatoms. The van der Waals surface area contributed by atoms with Crippen LogP contribution in [0.2, 0.25) is 40.6 Å². The average molecular weight is 271 g/mol. The van der Waals surface area contributed by atoms with Gasteiger partial charge < -0.3 is 0 Å². The maximum atomic E-state index is 2.65. The van der Waals surface area contributed by atoms with Crippen LogP contribution in [0.5, 0.6) is 0 Å². The molecule has 0 nitrogen and oxygen atoms in total. The van der Waals surface area contributed by atoms with Crippen molar-refractivity contribution in [1.82, 2.24) is 0 Å². The SMILES string of the molecule is C[Si]1(C)[CH2][Ti]([C]2=CC=CC2)[CH2][Si](C)(C)C1. The van der Waals surface area contributed by atoms with E-state index in [1.54, 1.807) is 14.4 Å². The molecular formula is C12H23Si2Ti. The van der Waals surface area contributed by atoms with E-state index in [-0.39, 0.29) is 0 Å². The number of hydrogen-bond donors (Lipinski definition) is 0. The van der Waals surface area contributed by atoms with Gasteiger partial charge >= 0.3 is 103 Å². The summed E-state index contributed by atoms with van der Waals surface area (Å²) in [5.41, 5.74) is 1.69. The molecule has 1 fully saturated rings. The van der Waals surface area contributed by atoms with Crippen molar-refractivity contribution >= 4 is 16.1 Å². The normalized spacial score (nSPS) is 28.0. The molecular weight excluding hydrogens is 248 g/mol. The van der Waals surface area contributed by atoms with Gasteiger partial charge in [-0.15, -0.1) is 0 Å². The summed E-state index contributed by atoms with van der Waals surface area (Å²) in [5, 5.41) is 0. The molecule has 0 radical (unpaired) electrons. The van der Waals surface area contributed by atoms with Gasteiger partial charge in [-0.25, -0.2) is 0 Å². The van der Waals surface area contributed by atoms with Crippen molar-refractivity contribution in [2.75, 3.05) is 0 Å². The summed E-state index contributed by atoms with van der Waals surface area (Å²) in [4.78, 5) is 0. The van der Waals surface area contributed by atoms with Gasteiger partial charge in [0.1, 0.15) is 0 Å². The number of allylic oxidation sites excluding steroid dienone is 4. The van der Waals surface area contributed by atoms with Crippen molar-refractivity contribution < 1.29 is 17.9 Å². The van der Waals surface area contributed by atoms with Crippen LogP contribution in [-0.4, -0.2) is 16.1 Å². The minimum absolute atomic E-state index is 0.789.